The number of nitrogens with zero attached hydrogens (tertiary/aromatic N) is 3. The van der Waals surface area contributed by atoms with Gasteiger partial charge in [0.15, 0.2) is 0 Å². The Kier molecular flexibility index (Phi) is 6.71. The minimum Gasteiger partial charge on any atom is -0.343 e. The molecule has 1 aromatic carbocycles. The number of likely N-dealkylation sites (tertiary alicyclic amines) is 3. The van der Waals surface area contributed by atoms with Gasteiger partial charge >= 0.3 is 0 Å². The topological polar surface area (TPSA) is 43.9 Å². The average molecular weight is 426 g/mol. The van der Waals surface area contributed by atoms with E-state index < -0.39 is 0 Å². The van der Waals surface area contributed by atoms with Crippen molar-refractivity contribution in [2.75, 3.05) is 32.7 Å². The molecule has 0 saturated carbocycles. The Morgan fingerprint density at radius 1 is 1.06 bits per heavy atom. The molecule has 3 aliphatic heterocycles. The summed E-state index contributed by atoms with van der Waals surface area (Å²) in [6, 6.07) is 11.5. The first-order chi connectivity index (χ1) is 14.9. The van der Waals surface area contributed by atoms with Crippen LogP contribution in [0.15, 0.2) is 30.3 Å². The molecule has 0 N–H and O–H groups in total. The molecule has 4 rings (SSSR count). The van der Waals surface area contributed by atoms with Crippen molar-refractivity contribution in [2.24, 2.45) is 11.3 Å². The summed E-state index contributed by atoms with van der Waals surface area (Å²) in [6.45, 7) is 10.8. The fourth-order valence-corrected chi connectivity index (χ4v) is 6.09. The predicted molar refractivity (Wildman–Crippen MR) is 124 cm³/mol. The fourth-order valence-electron chi connectivity index (χ4n) is 6.09. The van der Waals surface area contributed by atoms with Gasteiger partial charge in [0.2, 0.25) is 11.8 Å². The highest BCUT2D eigenvalue weighted by Crippen LogP contribution is 2.46. The number of hydrogen-bond donors (Lipinski definition) is 0. The second kappa shape index (κ2) is 9.32. The van der Waals surface area contributed by atoms with Gasteiger partial charge in [-0.15, -0.1) is 0 Å². The number of rotatable bonds is 5. The summed E-state index contributed by atoms with van der Waals surface area (Å²) in [5, 5.41) is 0. The van der Waals surface area contributed by atoms with Crippen LogP contribution in [0.25, 0.3) is 0 Å². The molecule has 1 spiro atoms. The first-order valence-corrected chi connectivity index (χ1v) is 12.2. The molecule has 0 bridgehead atoms. The number of amides is 2. The summed E-state index contributed by atoms with van der Waals surface area (Å²) < 4.78 is 0. The van der Waals surface area contributed by atoms with E-state index in [-0.39, 0.29) is 11.3 Å². The van der Waals surface area contributed by atoms with E-state index in [0.29, 0.717) is 23.9 Å². The monoisotopic (exact) mass is 425 g/mol. The van der Waals surface area contributed by atoms with Gasteiger partial charge in [-0.2, -0.15) is 0 Å². The van der Waals surface area contributed by atoms with Crippen LogP contribution in [-0.2, 0) is 16.0 Å². The lowest BCUT2D eigenvalue weighted by molar-refractivity contribution is -0.140. The zero-order valence-corrected chi connectivity index (χ0v) is 19.6. The quantitative estimate of drug-likeness (QED) is 0.724. The second-order valence-electron chi connectivity index (χ2n) is 10.5. The molecule has 3 aliphatic rings. The Bertz CT molecular complexity index is 762. The van der Waals surface area contributed by atoms with E-state index in [1.165, 1.54) is 5.56 Å². The van der Waals surface area contributed by atoms with Crippen LogP contribution in [0.2, 0.25) is 0 Å². The van der Waals surface area contributed by atoms with Crippen LogP contribution in [0.5, 0.6) is 0 Å². The molecule has 3 fully saturated rings. The zero-order valence-electron chi connectivity index (χ0n) is 19.6. The maximum absolute atomic E-state index is 13.7. The van der Waals surface area contributed by atoms with E-state index >= 15 is 0 Å². The molecular weight excluding hydrogens is 386 g/mol. The minimum atomic E-state index is -0.162. The van der Waals surface area contributed by atoms with Crippen molar-refractivity contribution in [1.29, 1.82) is 0 Å². The number of piperidine rings is 2. The minimum absolute atomic E-state index is 0.162. The van der Waals surface area contributed by atoms with Crippen LogP contribution in [-0.4, -0.2) is 71.3 Å². The van der Waals surface area contributed by atoms with E-state index in [2.05, 4.69) is 54.0 Å². The van der Waals surface area contributed by atoms with E-state index in [1.54, 1.807) is 6.92 Å². The molecule has 3 heterocycles. The van der Waals surface area contributed by atoms with Gasteiger partial charge in [-0.05, 0) is 63.1 Å². The molecule has 1 aromatic rings. The van der Waals surface area contributed by atoms with Gasteiger partial charge in [-0.25, -0.2) is 0 Å². The summed E-state index contributed by atoms with van der Waals surface area (Å²) >= 11 is 0. The lowest BCUT2D eigenvalue weighted by Crippen LogP contribution is -2.51. The van der Waals surface area contributed by atoms with Crippen molar-refractivity contribution < 1.29 is 9.59 Å². The lowest BCUT2D eigenvalue weighted by Gasteiger charge is -2.44. The SMILES string of the molecule is CC(=O)N1CCC(N2CCC3(CC2)CC(Cc2ccccc2)N(CC(C)C)C3=O)CC1. The van der Waals surface area contributed by atoms with Crippen molar-refractivity contribution >= 4 is 11.8 Å². The Balaban J connectivity index is 1.40. The molecule has 0 radical (unpaired) electrons. The Morgan fingerprint density at radius 3 is 2.29 bits per heavy atom. The maximum Gasteiger partial charge on any atom is 0.229 e. The van der Waals surface area contributed by atoms with E-state index in [0.717, 1.165) is 71.2 Å². The molecule has 5 nitrogen and oxygen atoms in total. The molecule has 1 unspecified atom stereocenters. The molecule has 0 aromatic heterocycles. The van der Waals surface area contributed by atoms with E-state index in [9.17, 15) is 9.59 Å². The third-order valence-electron chi connectivity index (χ3n) is 7.84. The van der Waals surface area contributed by atoms with Crippen molar-refractivity contribution in [3.05, 3.63) is 35.9 Å². The van der Waals surface area contributed by atoms with Gasteiger partial charge in [0.25, 0.3) is 0 Å². The molecule has 5 heteroatoms. The summed E-state index contributed by atoms with van der Waals surface area (Å²) in [7, 11) is 0. The third-order valence-corrected chi connectivity index (χ3v) is 7.84. The standard InChI is InChI=1S/C26H39N3O2/c1-20(2)19-29-24(17-22-7-5-4-6-8-22)18-26(25(29)31)11-15-28(16-12-26)23-9-13-27(14-10-23)21(3)30/h4-8,20,23-24H,9-19H2,1-3H3. The van der Waals surface area contributed by atoms with E-state index in [4.69, 9.17) is 0 Å². The number of carbonyl (C=O) groups excluding carboxylic acids is 2. The lowest BCUT2D eigenvalue weighted by atomic mass is 9.75. The zero-order chi connectivity index (χ0) is 22.0. The predicted octanol–water partition coefficient (Wildman–Crippen LogP) is 3.58. The number of hydrogen-bond acceptors (Lipinski definition) is 3. The van der Waals surface area contributed by atoms with Crippen molar-refractivity contribution in [2.45, 2.75) is 71.4 Å². The van der Waals surface area contributed by atoms with Gasteiger partial charge in [-0.3, -0.25) is 9.59 Å². The Hall–Kier alpha value is -1.88. The molecule has 31 heavy (non-hydrogen) atoms. The highest BCUT2D eigenvalue weighted by molar-refractivity contribution is 5.85. The van der Waals surface area contributed by atoms with Gasteiger partial charge < -0.3 is 14.7 Å². The first kappa shape index (κ1) is 22.3. The Labute approximate surface area is 187 Å². The van der Waals surface area contributed by atoms with Gasteiger partial charge in [0.05, 0.1) is 5.41 Å². The summed E-state index contributed by atoms with van der Waals surface area (Å²) in [5.74, 6) is 1.10. The van der Waals surface area contributed by atoms with Crippen LogP contribution in [0, 0.1) is 11.3 Å². The van der Waals surface area contributed by atoms with Crippen LogP contribution in [0.1, 0.15) is 58.4 Å². The third kappa shape index (κ3) is 4.82. The van der Waals surface area contributed by atoms with Crippen molar-refractivity contribution in [1.82, 2.24) is 14.7 Å². The Morgan fingerprint density at radius 2 is 1.71 bits per heavy atom. The largest absolute Gasteiger partial charge is 0.343 e. The molecule has 2 amide bonds. The summed E-state index contributed by atoms with van der Waals surface area (Å²) in [5.41, 5.74) is 1.17. The summed E-state index contributed by atoms with van der Waals surface area (Å²) in [6.07, 6.45) is 6.07. The molecule has 0 aliphatic carbocycles. The number of benzene rings is 1. The first-order valence-electron chi connectivity index (χ1n) is 12.2. The normalized spacial score (nSPS) is 25.0. The van der Waals surface area contributed by atoms with Crippen LogP contribution >= 0.6 is 0 Å². The van der Waals surface area contributed by atoms with Gasteiger partial charge in [0.1, 0.15) is 0 Å². The fraction of sp³-hybridized carbons (Fsp3) is 0.692. The van der Waals surface area contributed by atoms with Crippen molar-refractivity contribution in [3.63, 3.8) is 0 Å². The van der Waals surface area contributed by atoms with Crippen molar-refractivity contribution in [3.8, 4) is 0 Å². The maximum atomic E-state index is 13.7. The molecular formula is C26H39N3O2. The van der Waals surface area contributed by atoms with Crippen LogP contribution in [0.4, 0.5) is 0 Å². The molecule has 1 atom stereocenters. The van der Waals surface area contributed by atoms with Crippen LogP contribution in [0.3, 0.4) is 0 Å². The number of carbonyl (C=O) groups is 2. The molecule has 170 valence electrons. The van der Waals surface area contributed by atoms with E-state index in [1.807, 2.05) is 4.90 Å². The highest BCUT2D eigenvalue weighted by atomic mass is 16.2. The second-order valence-corrected chi connectivity index (χ2v) is 10.5. The summed E-state index contributed by atoms with van der Waals surface area (Å²) in [4.78, 5) is 32.1. The smallest absolute Gasteiger partial charge is 0.229 e. The van der Waals surface area contributed by atoms with Gasteiger partial charge in [-0.1, -0.05) is 44.2 Å². The molecule has 3 saturated heterocycles. The van der Waals surface area contributed by atoms with Gasteiger partial charge in [0, 0.05) is 38.6 Å². The van der Waals surface area contributed by atoms with Crippen LogP contribution < -0.4 is 0 Å². The average Bonchev–Trinajstić information content (AvgIpc) is 3.00. The highest BCUT2D eigenvalue weighted by Gasteiger charge is 2.52.